The third-order valence-corrected chi connectivity index (χ3v) is 4.93. The number of rotatable bonds is 5. The second kappa shape index (κ2) is 5.91. The molecule has 0 amide bonds. The summed E-state index contributed by atoms with van der Waals surface area (Å²) in [5.74, 6) is 1.23. The van der Waals surface area contributed by atoms with Crippen LogP contribution in [-0.2, 0) is 7.05 Å². The Morgan fingerprint density at radius 3 is 3.06 bits per heavy atom. The van der Waals surface area contributed by atoms with E-state index in [1.165, 1.54) is 30.7 Å². The number of hydrogen-bond donors (Lipinski definition) is 1. The van der Waals surface area contributed by atoms with E-state index in [0.29, 0.717) is 12.1 Å². The van der Waals surface area contributed by atoms with E-state index in [-0.39, 0.29) is 0 Å². The molecule has 2 rings (SSSR count). The molecule has 96 valence electrons. The Hall–Kier alpha value is -0.480. The van der Waals surface area contributed by atoms with E-state index in [4.69, 9.17) is 0 Å². The average molecular weight is 253 g/mol. The van der Waals surface area contributed by atoms with Crippen molar-refractivity contribution >= 4 is 11.8 Å². The van der Waals surface area contributed by atoms with Crippen molar-refractivity contribution in [1.29, 1.82) is 0 Å². The predicted molar refractivity (Wildman–Crippen MR) is 74.3 cm³/mol. The lowest BCUT2D eigenvalue weighted by molar-refractivity contribution is 0.447. The molecule has 3 nitrogen and oxygen atoms in total. The molecular weight excluding hydrogens is 230 g/mol. The number of aryl methyl sites for hydroxylation is 1. The first kappa shape index (κ1) is 13.0. The number of nitrogens with zero attached hydrogens (tertiary/aromatic N) is 2. The summed E-state index contributed by atoms with van der Waals surface area (Å²) < 4.78 is 1.97. The Bertz CT molecular complexity index is 350. The lowest BCUT2D eigenvalue weighted by Crippen LogP contribution is -2.36. The first-order chi connectivity index (χ1) is 8.22. The van der Waals surface area contributed by atoms with Gasteiger partial charge in [-0.25, -0.2) is 0 Å². The Morgan fingerprint density at radius 2 is 2.41 bits per heavy atom. The van der Waals surface area contributed by atoms with Crippen LogP contribution in [0.4, 0.5) is 0 Å². The third kappa shape index (κ3) is 3.05. The van der Waals surface area contributed by atoms with Gasteiger partial charge in [-0.05, 0) is 31.6 Å². The summed E-state index contributed by atoms with van der Waals surface area (Å²) in [7, 11) is 2.01. The van der Waals surface area contributed by atoms with E-state index in [0.717, 1.165) is 5.25 Å². The van der Waals surface area contributed by atoms with Crippen molar-refractivity contribution in [2.24, 2.45) is 7.05 Å². The number of aromatic nitrogens is 2. The van der Waals surface area contributed by atoms with Crippen LogP contribution in [0.3, 0.4) is 0 Å². The van der Waals surface area contributed by atoms with Gasteiger partial charge in [0.1, 0.15) is 0 Å². The van der Waals surface area contributed by atoms with E-state index in [2.05, 4.69) is 42.1 Å². The first-order valence-electron chi connectivity index (χ1n) is 6.58. The smallest absolute Gasteiger partial charge is 0.0547 e. The summed E-state index contributed by atoms with van der Waals surface area (Å²) >= 11 is 2.11. The maximum absolute atomic E-state index is 4.24. The van der Waals surface area contributed by atoms with Crippen LogP contribution >= 0.6 is 11.8 Å². The monoisotopic (exact) mass is 253 g/mol. The molecule has 0 radical (unpaired) electrons. The molecule has 0 aromatic carbocycles. The van der Waals surface area contributed by atoms with Crippen LogP contribution in [0.15, 0.2) is 12.3 Å². The van der Waals surface area contributed by atoms with Crippen molar-refractivity contribution in [3.63, 3.8) is 0 Å². The molecule has 1 heterocycles. The molecule has 17 heavy (non-hydrogen) atoms. The van der Waals surface area contributed by atoms with Gasteiger partial charge in [-0.1, -0.05) is 13.3 Å². The van der Waals surface area contributed by atoms with Gasteiger partial charge in [0.2, 0.25) is 0 Å². The van der Waals surface area contributed by atoms with Gasteiger partial charge < -0.3 is 5.32 Å². The first-order valence-corrected chi connectivity index (χ1v) is 7.62. The van der Waals surface area contributed by atoms with Crippen molar-refractivity contribution < 1.29 is 0 Å². The summed E-state index contributed by atoms with van der Waals surface area (Å²) in [6, 6.07) is 3.17. The molecule has 1 aromatic rings. The molecule has 0 bridgehead atoms. The fraction of sp³-hybridized carbons (Fsp3) is 0.769. The van der Waals surface area contributed by atoms with Gasteiger partial charge in [-0.3, -0.25) is 4.68 Å². The molecule has 3 atom stereocenters. The van der Waals surface area contributed by atoms with E-state index >= 15 is 0 Å². The van der Waals surface area contributed by atoms with Crippen LogP contribution in [-0.4, -0.2) is 26.8 Å². The summed E-state index contributed by atoms with van der Waals surface area (Å²) in [6.45, 7) is 4.49. The zero-order valence-electron chi connectivity index (χ0n) is 11.0. The fourth-order valence-electron chi connectivity index (χ4n) is 2.75. The van der Waals surface area contributed by atoms with Crippen LogP contribution in [0.5, 0.6) is 0 Å². The molecule has 1 aliphatic carbocycles. The highest BCUT2D eigenvalue weighted by Gasteiger charge is 2.28. The minimum absolute atomic E-state index is 0.394. The highest BCUT2D eigenvalue weighted by Crippen LogP contribution is 2.31. The standard InChI is InChI=1S/C13H23N3S/c1-4-17-13-7-5-6-11(13)15-10(2)12-8-9-14-16(12)3/h8-11,13,15H,4-7H2,1-3H3. The summed E-state index contributed by atoms with van der Waals surface area (Å²) in [4.78, 5) is 0. The van der Waals surface area contributed by atoms with Crippen molar-refractivity contribution in [1.82, 2.24) is 15.1 Å². The van der Waals surface area contributed by atoms with Crippen molar-refractivity contribution in [3.05, 3.63) is 18.0 Å². The van der Waals surface area contributed by atoms with Crippen molar-refractivity contribution in [2.45, 2.75) is 50.4 Å². The topological polar surface area (TPSA) is 29.9 Å². The molecule has 0 spiro atoms. The lowest BCUT2D eigenvalue weighted by atomic mass is 10.1. The molecule has 1 fully saturated rings. The molecular formula is C13H23N3S. The van der Waals surface area contributed by atoms with Gasteiger partial charge in [0, 0.05) is 30.6 Å². The minimum atomic E-state index is 0.394. The highest BCUT2D eigenvalue weighted by atomic mass is 32.2. The summed E-state index contributed by atoms with van der Waals surface area (Å²) in [6.07, 6.45) is 5.93. The van der Waals surface area contributed by atoms with Gasteiger partial charge >= 0.3 is 0 Å². The second-order valence-corrected chi connectivity index (χ2v) is 6.32. The van der Waals surface area contributed by atoms with Gasteiger partial charge in [-0.2, -0.15) is 16.9 Å². The van der Waals surface area contributed by atoms with E-state index in [9.17, 15) is 0 Å². The number of thioether (sulfide) groups is 1. The van der Waals surface area contributed by atoms with Gasteiger partial charge in [-0.15, -0.1) is 0 Å². The molecule has 3 unspecified atom stereocenters. The van der Waals surface area contributed by atoms with Crippen LogP contribution in [0.2, 0.25) is 0 Å². The largest absolute Gasteiger partial charge is 0.305 e. The van der Waals surface area contributed by atoms with Gasteiger partial charge in [0.25, 0.3) is 0 Å². The fourth-order valence-corrected chi connectivity index (χ4v) is 3.95. The summed E-state index contributed by atoms with van der Waals surface area (Å²) in [5, 5.41) is 8.82. The maximum atomic E-state index is 4.24. The SMILES string of the molecule is CCSC1CCCC1NC(C)c1ccnn1C. The highest BCUT2D eigenvalue weighted by molar-refractivity contribution is 7.99. The zero-order valence-corrected chi connectivity index (χ0v) is 11.8. The Balaban J connectivity index is 1.94. The second-order valence-electron chi connectivity index (χ2n) is 4.80. The predicted octanol–water partition coefficient (Wildman–Crippen LogP) is 2.74. The Kier molecular flexibility index (Phi) is 4.51. The molecule has 1 aromatic heterocycles. The minimum Gasteiger partial charge on any atom is -0.305 e. The quantitative estimate of drug-likeness (QED) is 0.875. The van der Waals surface area contributed by atoms with Crippen LogP contribution in [0.25, 0.3) is 0 Å². The molecule has 1 saturated carbocycles. The molecule has 1 N–H and O–H groups in total. The zero-order chi connectivity index (χ0) is 12.3. The Labute approximate surface area is 108 Å². The van der Waals surface area contributed by atoms with Crippen molar-refractivity contribution in [2.75, 3.05) is 5.75 Å². The summed E-state index contributed by atoms with van der Waals surface area (Å²) in [5.41, 5.74) is 1.28. The van der Waals surface area contributed by atoms with Crippen molar-refractivity contribution in [3.8, 4) is 0 Å². The van der Waals surface area contributed by atoms with Crippen LogP contribution < -0.4 is 5.32 Å². The maximum Gasteiger partial charge on any atom is 0.0547 e. The van der Waals surface area contributed by atoms with E-state index in [1.807, 2.05) is 17.9 Å². The molecule has 0 aliphatic heterocycles. The number of nitrogens with one attached hydrogen (secondary N) is 1. The lowest BCUT2D eigenvalue weighted by Gasteiger charge is -2.24. The van der Waals surface area contributed by atoms with E-state index in [1.54, 1.807) is 0 Å². The van der Waals surface area contributed by atoms with Gasteiger partial charge in [0.15, 0.2) is 0 Å². The van der Waals surface area contributed by atoms with Crippen LogP contribution in [0.1, 0.15) is 44.8 Å². The normalized spacial score (nSPS) is 26.3. The molecule has 1 aliphatic rings. The van der Waals surface area contributed by atoms with Crippen LogP contribution in [0, 0.1) is 0 Å². The molecule has 4 heteroatoms. The molecule has 0 saturated heterocycles. The number of hydrogen-bond acceptors (Lipinski definition) is 3. The van der Waals surface area contributed by atoms with E-state index < -0.39 is 0 Å². The Morgan fingerprint density at radius 1 is 1.59 bits per heavy atom. The van der Waals surface area contributed by atoms with Gasteiger partial charge in [0.05, 0.1) is 5.69 Å². The third-order valence-electron chi connectivity index (χ3n) is 3.60. The average Bonchev–Trinajstić information content (AvgIpc) is 2.89.